The van der Waals surface area contributed by atoms with E-state index < -0.39 is 0 Å². The van der Waals surface area contributed by atoms with Crippen LogP contribution < -0.4 is 5.73 Å². The van der Waals surface area contributed by atoms with Crippen LogP contribution in [0.1, 0.15) is 58.4 Å². The van der Waals surface area contributed by atoms with Gasteiger partial charge in [-0.1, -0.05) is 63.3 Å². The fourth-order valence-corrected chi connectivity index (χ4v) is 8.01. The monoisotopic (exact) mass is 382 g/mol. The van der Waals surface area contributed by atoms with Gasteiger partial charge in [-0.25, -0.2) is 0 Å². The molecule has 27 heavy (non-hydrogen) atoms. The van der Waals surface area contributed by atoms with Gasteiger partial charge in [-0.15, -0.1) is 0 Å². The van der Waals surface area contributed by atoms with Crippen molar-refractivity contribution in [3.05, 3.63) is 35.9 Å². The molecule has 5 aliphatic rings. The summed E-state index contributed by atoms with van der Waals surface area (Å²) in [6, 6.07) is 11.6. The third kappa shape index (κ3) is 2.43. The summed E-state index contributed by atoms with van der Waals surface area (Å²) in [6.45, 7) is 9.22. The van der Waals surface area contributed by atoms with Gasteiger partial charge in [0.1, 0.15) is 0 Å². The number of piperidine rings is 1. The molecule has 2 N–H and O–H groups in total. The van der Waals surface area contributed by atoms with Gasteiger partial charge in [0.25, 0.3) is 0 Å². The number of likely N-dealkylation sites (tertiary alicyclic amines) is 1. The van der Waals surface area contributed by atoms with Gasteiger partial charge in [-0.05, 0) is 66.3 Å². The number of hydrogen-bond acceptors (Lipinski definition) is 2. The molecule has 1 aliphatic heterocycles. The van der Waals surface area contributed by atoms with Crippen LogP contribution in [0.3, 0.4) is 0 Å². The Morgan fingerprint density at radius 2 is 1.89 bits per heavy atom. The first-order chi connectivity index (χ1) is 12.8. The molecule has 0 radical (unpaired) electrons. The van der Waals surface area contributed by atoms with Crippen molar-refractivity contribution in [2.24, 2.45) is 34.3 Å². The Hall–Kier alpha value is -0.930. The van der Waals surface area contributed by atoms with Crippen molar-refractivity contribution in [2.75, 3.05) is 13.1 Å². The molecule has 1 saturated heterocycles. The van der Waals surface area contributed by atoms with Gasteiger partial charge in [0.15, 0.2) is 0 Å². The topological polar surface area (TPSA) is 29.3 Å². The zero-order chi connectivity index (χ0) is 19.0. The van der Waals surface area contributed by atoms with E-state index >= 15 is 0 Å². The van der Waals surface area contributed by atoms with Gasteiger partial charge in [0, 0.05) is 24.5 Å². The van der Waals surface area contributed by atoms with E-state index in [1.165, 1.54) is 30.7 Å². The molecule has 1 aromatic rings. The van der Waals surface area contributed by atoms with Crippen LogP contribution in [0.4, 0.5) is 0 Å². The van der Waals surface area contributed by atoms with E-state index in [0.717, 1.165) is 37.3 Å². The van der Waals surface area contributed by atoms with E-state index in [0.29, 0.717) is 11.5 Å². The number of thiocarbonyl (C=S) groups is 1. The second-order valence-electron chi connectivity index (χ2n) is 10.9. The van der Waals surface area contributed by atoms with Crippen LogP contribution in [0.15, 0.2) is 30.3 Å². The van der Waals surface area contributed by atoms with Crippen LogP contribution >= 0.6 is 12.2 Å². The first-order valence-corrected chi connectivity index (χ1v) is 11.3. The van der Waals surface area contributed by atoms with Crippen molar-refractivity contribution in [3.63, 3.8) is 0 Å². The molecule has 4 aliphatic carbocycles. The van der Waals surface area contributed by atoms with Crippen LogP contribution in [0.25, 0.3) is 0 Å². The summed E-state index contributed by atoms with van der Waals surface area (Å²) < 4.78 is 0. The quantitative estimate of drug-likeness (QED) is 0.747. The highest BCUT2D eigenvalue weighted by Crippen LogP contribution is 2.73. The average molecular weight is 383 g/mol. The molecule has 4 saturated carbocycles. The van der Waals surface area contributed by atoms with Gasteiger partial charge < -0.3 is 10.6 Å². The van der Waals surface area contributed by atoms with Gasteiger partial charge in [-0.3, -0.25) is 0 Å². The van der Waals surface area contributed by atoms with Crippen molar-refractivity contribution >= 4 is 17.2 Å². The Labute approximate surface area is 169 Å². The number of rotatable bonds is 2. The fraction of sp³-hybridized carbons (Fsp3) is 0.708. The lowest BCUT2D eigenvalue weighted by Gasteiger charge is -2.49. The van der Waals surface area contributed by atoms with Crippen molar-refractivity contribution in [1.29, 1.82) is 0 Å². The molecule has 4 bridgehead atoms. The van der Waals surface area contributed by atoms with Crippen molar-refractivity contribution in [3.8, 4) is 0 Å². The molecule has 5 fully saturated rings. The number of nitrogens with zero attached hydrogens (tertiary/aromatic N) is 1. The van der Waals surface area contributed by atoms with E-state index in [1.807, 2.05) is 0 Å². The Morgan fingerprint density at radius 1 is 1.15 bits per heavy atom. The highest BCUT2D eigenvalue weighted by Gasteiger charge is 2.69. The van der Waals surface area contributed by atoms with Gasteiger partial charge in [0.2, 0.25) is 0 Å². The van der Waals surface area contributed by atoms with E-state index in [-0.39, 0.29) is 10.8 Å². The van der Waals surface area contributed by atoms with Crippen LogP contribution in [-0.2, 0) is 5.41 Å². The lowest BCUT2D eigenvalue weighted by atomic mass is 9.62. The Balaban J connectivity index is 1.49. The molecule has 1 aromatic carbocycles. The van der Waals surface area contributed by atoms with E-state index in [9.17, 15) is 0 Å². The minimum absolute atomic E-state index is 0.150. The minimum Gasteiger partial charge on any atom is -0.365 e. The number of nitrogens with two attached hydrogens (primary N) is 1. The van der Waals surface area contributed by atoms with E-state index in [1.54, 1.807) is 5.56 Å². The summed E-state index contributed by atoms with van der Waals surface area (Å²) in [5, 5.41) is 0. The molecular formula is C24H34N2S. The van der Waals surface area contributed by atoms with E-state index in [4.69, 9.17) is 18.0 Å². The third-order valence-electron chi connectivity index (χ3n) is 9.04. The lowest BCUT2D eigenvalue weighted by molar-refractivity contribution is 0.133. The average Bonchev–Trinajstić information content (AvgIpc) is 3.02. The molecule has 1 heterocycles. The normalized spacial score (nSPS) is 44.7. The Bertz CT molecular complexity index is 759. The largest absolute Gasteiger partial charge is 0.365 e. The molecule has 2 nitrogen and oxygen atoms in total. The zero-order valence-corrected chi connectivity index (χ0v) is 17.9. The molecule has 0 aromatic heterocycles. The zero-order valence-electron chi connectivity index (χ0n) is 17.1. The minimum atomic E-state index is 0.150. The SMILES string of the molecule is CC1C2CC3(c4ccccc4)CC1[C@](C(=S)N1CC[C@H](N)C(C)(C)C1)(C2)C3. The lowest BCUT2D eigenvalue weighted by Crippen LogP contribution is -2.56. The van der Waals surface area contributed by atoms with Gasteiger partial charge >= 0.3 is 0 Å². The maximum atomic E-state index is 6.41. The van der Waals surface area contributed by atoms with E-state index in [2.05, 4.69) is 56.0 Å². The maximum absolute atomic E-state index is 6.41. The summed E-state index contributed by atoms with van der Waals surface area (Å²) >= 11 is 6.31. The summed E-state index contributed by atoms with van der Waals surface area (Å²) in [5.74, 6) is 2.43. The summed E-state index contributed by atoms with van der Waals surface area (Å²) in [6.07, 6.45) is 6.38. The van der Waals surface area contributed by atoms with Crippen molar-refractivity contribution < 1.29 is 0 Å². The van der Waals surface area contributed by atoms with Crippen molar-refractivity contribution in [1.82, 2.24) is 4.90 Å². The summed E-state index contributed by atoms with van der Waals surface area (Å²) in [5.41, 5.74) is 8.75. The maximum Gasteiger partial charge on any atom is 0.0845 e. The van der Waals surface area contributed by atoms with Gasteiger partial charge in [-0.2, -0.15) is 0 Å². The predicted molar refractivity (Wildman–Crippen MR) is 116 cm³/mol. The highest BCUT2D eigenvalue weighted by atomic mass is 32.1. The van der Waals surface area contributed by atoms with Gasteiger partial charge in [0.05, 0.1) is 4.99 Å². The molecule has 0 amide bonds. The highest BCUT2D eigenvalue weighted by molar-refractivity contribution is 7.80. The molecule has 6 atom stereocenters. The predicted octanol–water partition coefficient (Wildman–Crippen LogP) is 4.77. The number of benzene rings is 1. The standard InChI is InChI=1S/C24H34N2S/c1-16-17-11-23(18-7-5-4-6-8-18)13-19(16)24(12-17,14-23)21(27)26-10-9-20(25)22(2,3)15-26/h4-8,16-17,19-20H,9-15,25H2,1-3H3/t16?,17?,19?,20-,23?,24-/m0/s1. The molecular weight excluding hydrogens is 348 g/mol. The van der Waals surface area contributed by atoms with Crippen LogP contribution in [-0.4, -0.2) is 29.0 Å². The first kappa shape index (κ1) is 18.1. The second kappa shape index (κ2) is 5.79. The summed E-state index contributed by atoms with van der Waals surface area (Å²) in [4.78, 5) is 3.85. The molecule has 146 valence electrons. The molecule has 3 heteroatoms. The second-order valence-corrected chi connectivity index (χ2v) is 11.3. The number of hydrogen-bond donors (Lipinski definition) is 1. The Kier molecular flexibility index (Phi) is 3.89. The molecule has 4 unspecified atom stereocenters. The Morgan fingerprint density at radius 3 is 2.59 bits per heavy atom. The van der Waals surface area contributed by atoms with Crippen LogP contribution in [0.2, 0.25) is 0 Å². The molecule has 0 spiro atoms. The third-order valence-corrected chi connectivity index (χ3v) is 9.71. The van der Waals surface area contributed by atoms with Crippen LogP contribution in [0, 0.1) is 28.6 Å². The molecule has 6 rings (SSSR count). The van der Waals surface area contributed by atoms with Crippen LogP contribution in [0.5, 0.6) is 0 Å². The van der Waals surface area contributed by atoms with Crippen molar-refractivity contribution in [2.45, 2.75) is 64.3 Å². The fourth-order valence-electron chi connectivity index (χ4n) is 7.55. The summed E-state index contributed by atoms with van der Waals surface area (Å²) in [7, 11) is 0. The smallest absolute Gasteiger partial charge is 0.0845 e. The first-order valence-electron chi connectivity index (χ1n) is 10.9.